The van der Waals surface area contributed by atoms with Gasteiger partial charge in [0.2, 0.25) is 5.91 Å². The Morgan fingerprint density at radius 1 is 1.18 bits per heavy atom. The van der Waals surface area contributed by atoms with Crippen LogP contribution in [0.15, 0.2) is 48.5 Å². The van der Waals surface area contributed by atoms with Gasteiger partial charge < -0.3 is 14.6 Å². The predicted molar refractivity (Wildman–Crippen MR) is 111 cm³/mol. The quantitative estimate of drug-likeness (QED) is 0.710. The Hall–Kier alpha value is -2.75. The Morgan fingerprint density at radius 2 is 2.04 bits per heavy atom. The number of carbonyl (C=O) groups is 1. The van der Waals surface area contributed by atoms with Gasteiger partial charge in [0, 0.05) is 29.1 Å². The van der Waals surface area contributed by atoms with Crippen LogP contribution in [0.3, 0.4) is 0 Å². The number of fused-ring (bicyclic) bond motifs is 3. The molecular formula is C24H26N2O2. The molecule has 1 aromatic heterocycles. The number of para-hydroxylation sites is 1. The Labute approximate surface area is 165 Å². The van der Waals surface area contributed by atoms with Crippen molar-refractivity contribution in [2.45, 2.75) is 38.6 Å². The maximum Gasteiger partial charge on any atom is 0.226 e. The summed E-state index contributed by atoms with van der Waals surface area (Å²) in [6.45, 7) is 3.40. The van der Waals surface area contributed by atoms with Gasteiger partial charge in [0.25, 0.3) is 0 Å². The van der Waals surface area contributed by atoms with E-state index in [0.29, 0.717) is 12.5 Å². The van der Waals surface area contributed by atoms with Crippen molar-refractivity contribution in [3.8, 4) is 5.75 Å². The van der Waals surface area contributed by atoms with Gasteiger partial charge in [-0.05, 0) is 55.5 Å². The first kappa shape index (κ1) is 17.4. The number of hydrogen-bond donors (Lipinski definition) is 1. The van der Waals surface area contributed by atoms with Crippen molar-refractivity contribution < 1.29 is 9.53 Å². The molecule has 0 radical (unpaired) electrons. The van der Waals surface area contributed by atoms with Crippen molar-refractivity contribution in [2.24, 2.45) is 5.92 Å². The van der Waals surface area contributed by atoms with Gasteiger partial charge in [0.05, 0.1) is 12.6 Å². The number of benzene rings is 2. The van der Waals surface area contributed by atoms with Crippen LogP contribution in [0.1, 0.15) is 49.0 Å². The molecule has 0 bridgehead atoms. The highest BCUT2D eigenvalue weighted by molar-refractivity contribution is 5.87. The molecule has 1 amide bonds. The fourth-order valence-electron chi connectivity index (χ4n) is 4.66. The number of rotatable bonds is 4. The van der Waals surface area contributed by atoms with Crippen LogP contribution in [0.4, 0.5) is 0 Å². The summed E-state index contributed by atoms with van der Waals surface area (Å²) in [6.07, 6.45) is 4.13. The lowest BCUT2D eigenvalue weighted by Crippen LogP contribution is -2.45. The molecule has 2 heterocycles. The summed E-state index contributed by atoms with van der Waals surface area (Å²) in [5.41, 5.74) is 4.77. The summed E-state index contributed by atoms with van der Waals surface area (Å²) in [6, 6.07) is 16.6. The molecule has 0 spiro atoms. The monoisotopic (exact) mass is 374 g/mol. The third-order valence-corrected chi connectivity index (χ3v) is 6.26. The highest BCUT2D eigenvalue weighted by Crippen LogP contribution is 2.41. The molecule has 1 N–H and O–H groups in total. The van der Waals surface area contributed by atoms with Gasteiger partial charge in [-0.2, -0.15) is 0 Å². The van der Waals surface area contributed by atoms with Crippen LogP contribution in [0.2, 0.25) is 0 Å². The largest absolute Gasteiger partial charge is 0.494 e. The SMILES string of the molecule is CCOc1cccc([C@H]2c3[nH]c4ccccc4c3CCN2C(=O)C2CCC2)c1. The number of hydrogen-bond acceptors (Lipinski definition) is 2. The summed E-state index contributed by atoms with van der Waals surface area (Å²) in [5.74, 6) is 1.37. The second-order valence-corrected chi connectivity index (χ2v) is 7.88. The van der Waals surface area contributed by atoms with Crippen molar-refractivity contribution in [1.29, 1.82) is 0 Å². The molecule has 4 nitrogen and oxygen atoms in total. The summed E-state index contributed by atoms with van der Waals surface area (Å²) in [7, 11) is 0. The van der Waals surface area contributed by atoms with Crippen molar-refractivity contribution >= 4 is 16.8 Å². The van der Waals surface area contributed by atoms with Crippen LogP contribution in [0, 0.1) is 5.92 Å². The smallest absolute Gasteiger partial charge is 0.226 e. The van der Waals surface area contributed by atoms with Crippen molar-refractivity contribution in [3.05, 3.63) is 65.4 Å². The van der Waals surface area contributed by atoms with E-state index < -0.39 is 0 Å². The third-order valence-electron chi connectivity index (χ3n) is 6.26. The molecule has 4 heteroatoms. The Kier molecular flexibility index (Phi) is 4.34. The standard InChI is InChI=1S/C24H26N2O2/c1-2-28-18-10-6-9-17(15-18)23-22-20(19-11-3-4-12-21(19)25-22)13-14-26(23)24(27)16-7-5-8-16/h3-4,6,9-12,15-16,23,25H,2,5,7-8,13-14H2,1H3/t23-/m0/s1. The van der Waals surface area contributed by atoms with Gasteiger partial charge in [-0.1, -0.05) is 36.8 Å². The van der Waals surface area contributed by atoms with Crippen molar-refractivity contribution in [1.82, 2.24) is 9.88 Å². The van der Waals surface area contributed by atoms with Gasteiger partial charge in [-0.15, -0.1) is 0 Å². The lowest BCUT2D eigenvalue weighted by Gasteiger charge is -2.40. The number of aromatic amines is 1. The summed E-state index contributed by atoms with van der Waals surface area (Å²) in [5, 5.41) is 1.28. The Bertz CT molecular complexity index is 1020. The fourth-order valence-corrected chi connectivity index (χ4v) is 4.66. The van der Waals surface area contributed by atoms with Crippen molar-refractivity contribution in [3.63, 3.8) is 0 Å². The second-order valence-electron chi connectivity index (χ2n) is 7.88. The number of amides is 1. The van der Waals surface area contributed by atoms with Crippen LogP contribution in [0.5, 0.6) is 5.75 Å². The average Bonchev–Trinajstić information content (AvgIpc) is 3.05. The van der Waals surface area contributed by atoms with Crippen LogP contribution in [0.25, 0.3) is 10.9 Å². The topological polar surface area (TPSA) is 45.3 Å². The summed E-state index contributed by atoms with van der Waals surface area (Å²) >= 11 is 0. The molecule has 1 fully saturated rings. The first-order valence-corrected chi connectivity index (χ1v) is 10.4. The zero-order valence-electron chi connectivity index (χ0n) is 16.3. The molecule has 1 saturated carbocycles. The molecule has 28 heavy (non-hydrogen) atoms. The minimum absolute atomic E-state index is 0.0790. The van der Waals surface area contributed by atoms with Crippen LogP contribution < -0.4 is 4.74 Å². The van der Waals surface area contributed by atoms with Gasteiger partial charge in [0.1, 0.15) is 5.75 Å². The third kappa shape index (κ3) is 2.79. The lowest BCUT2D eigenvalue weighted by molar-refractivity contribution is -0.140. The number of carbonyl (C=O) groups excluding carboxylic acids is 1. The summed E-state index contributed by atoms with van der Waals surface area (Å²) in [4.78, 5) is 19.0. The molecule has 1 aliphatic carbocycles. The number of aromatic nitrogens is 1. The fraction of sp³-hybridized carbons (Fsp3) is 0.375. The first-order valence-electron chi connectivity index (χ1n) is 10.4. The van der Waals surface area contributed by atoms with E-state index in [9.17, 15) is 4.79 Å². The number of ether oxygens (including phenoxy) is 1. The molecule has 1 aliphatic heterocycles. The molecule has 2 aromatic carbocycles. The molecule has 0 saturated heterocycles. The zero-order valence-corrected chi connectivity index (χ0v) is 16.3. The second kappa shape index (κ2) is 7.01. The van der Waals surface area contributed by atoms with E-state index in [1.165, 1.54) is 17.4 Å². The zero-order chi connectivity index (χ0) is 19.1. The highest BCUT2D eigenvalue weighted by Gasteiger charge is 2.38. The minimum atomic E-state index is -0.0790. The normalized spacial score (nSPS) is 19.3. The molecule has 0 unspecified atom stereocenters. The first-order chi connectivity index (χ1) is 13.8. The lowest BCUT2D eigenvalue weighted by atomic mass is 9.82. The Balaban J connectivity index is 1.63. The van der Waals surface area contributed by atoms with E-state index in [0.717, 1.165) is 48.3 Å². The number of nitrogens with zero attached hydrogens (tertiary/aromatic N) is 1. The van der Waals surface area contributed by atoms with E-state index in [4.69, 9.17) is 4.74 Å². The van der Waals surface area contributed by atoms with Crippen LogP contribution in [-0.2, 0) is 11.2 Å². The van der Waals surface area contributed by atoms with Gasteiger partial charge in [-0.25, -0.2) is 0 Å². The van der Waals surface area contributed by atoms with E-state index in [2.05, 4.69) is 46.3 Å². The molecule has 3 aromatic rings. The average molecular weight is 374 g/mol. The van der Waals surface area contributed by atoms with Crippen LogP contribution in [-0.4, -0.2) is 28.9 Å². The van der Waals surface area contributed by atoms with Crippen LogP contribution >= 0.6 is 0 Å². The van der Waals surface area contributed by atoms with Gasteiger partial charge >= 0.3 is 0 Å². The predicted octanol–water partition coefficient (Wildman–Crippen LogP) is 4.84. The van der Waals surface area contributed by atoms with Crippen molar-refractivity contribution in [2.75, 3.05) is 13.2 Å². The summed E-state index contributed by atoms with van der Waals surface area (Å²) < 4.78 is 5.75. The van der Waals surface area contributed by atoms with E-state index in [1.807, 2.05) is 19.1 Å². The van der Waals surface area contributed by atoms with Gasteiger partial charge in [0.15, 0.2) is 0 Å². The van der Waals surface area contributed by atoms with Gasteiger partial charge in [-0.3, -0.25) is 4.79 Å². The molecule has 2 aliphatic rings. The molecule has 5 rings (SSSR count). The van der Waals surface area contributed by atoms with E-state index in [1.54, 1.807) is 0 Å². The van der Waals surface area contributed by atoms with E-state index in [-0.39, 0.29) is 12.0 Å². The molecule has 144 valence electrons. The Morgan fingerprint density at radius 3 is 2.82 bits per heavy atom. The van der Waals surface area contributed by atoms with E-state index >= 15 is 0 Å². The number of nitrogens with one attached hydrogen (secondary N) is 1. The maximum atomic E-state index is 13.3. The highest BCUT2D eigenvalue weighted by atomic mass is 16.5. The minimum Gasteiger partial charge on any atom is -0.494 e. The molecular weight excluding hydrogens is 348 g/mol. The number of H-pyrrole nitrogens is 1. The molecule has 1 atom stereocenters. The maximum absolute atomic E-state index is 13.3.